The van der Waals surface area contributed by atoms with Gasteiger partial charge >= 0.3 is 5.97 Å². The summed E-state index contributed by atoms with van der Waals surface area (Å²) in [5, 5.41) is 10.0. The van der Waals surface area contributed by atoms with Crippen molar-refractivity contribution in [2.75, 3.05) is 26.3 Å². The number of carbonyl (C=O) groups is 1. The molecule has 0 bridgehead atoms. The number of benzene rings is 2. The van der Waals surface area contributed by atoms with Gasteiger partial charge in [-0.1, -0.05) is 29.8 Å². The second-order valence-corrected chi connectivity index (χ2v) is 10.8. The van der Waals surface area contributed by atoms with Gasteiger partial charge in [-0.25, -0.2) is 25.6 Å². The maximum absolute atomic E-state index is 13.5. The minimum atomic E-state index is -4.44. The van der Waals surface area contributed by atoms with Gasteiger partial charge in [0, 0.05) is 23.5 Å². The van der Waals surface area contributed by atoms with Crippen LogP contribution >= 0.6 is 11.6 Å². The van der Waals surface area contributed by atoms with Gasteiger partial charge in [0.2, 0.25) is 10.0 Å². The molecular formula is C19H17ClN2O7S2. The van der Waals surface area contributed by atoms with Crippen LogP contribution in [0.1, 0.15) is 10.5 Å². The molecule has 0 spiro atoms. The molecule has 1 saturated heterocycles. The van der Waals surface area contributed by atoms with Crippen molar-refractivity contribution in [3.8, 4) is 0 Å². The van der Waals surface area contributed by atoms with Crippen molar-refractivity contribution in [1.82, 2.24) is 8.28 Å². The molecule has 12 heteroatoms. The zero-order valence-electron chi connectivity index (χ0n) is 15.9. The number of rotatable bonds is 5. The molecule has 1 N–H and O–H groups in total. The van der Waals surface area contributed by atoms with Crippen LogP contribution < -0.4 is 0 Å². The topological polar surface area (TPSA) is 123 Å². The summed E-state index contributed by atoms with van der Waals surface area (Å²) in [7, 11) is -8.81. The standard InChI is InChI=1S/C19H17ClN2O7S2/c20-13-6-7-16-15(12-13)18(31(27,28)21-8-10-29-11-9-21)17(19(23)24)22(16)30(25,26)14-4-2-1-3-5-14/h1-7,12H,8-11H2,(H,23,24). The SMILES string of the molecule is O=C(O)c1c(S(=O)(=O)N2CCOCC2)c2cc(Cl)ccc2n1S(=O)(=O)c1ccccc1. The highest BCUT2D eigenvalue weighted by atomic mass is 35.5. The van der Waals surface area contributed by atoms with E-state index in [-0.39, 0.29) is 47.1 Å². The molecule has 2 aromatic carbocycles. The van der Waals surface area contributed by atoms with Crippen LogP contribution in [0.4, 0.5) is 0 Å². The minimum Gasteiger partial charge on any atom is -0.477 e. The number of carboxylic acid groups (broad SMARTS) is 1. The third kappa shape index (κ3) is 3.62. The van der Waals surface area contributed by atoms with E-state index in [9.17, 15) is 26.7 Å². The van der Waals surface area contributed by atoms with Gasteiger partial charge in [-0.2, -0.15) is 4.31 Å². The number of aromatic carboxylic acids is 1. The van der Waals surface area contributed by atoms with Crippen molar-refractivity contribution in [3.63, 3.8) is 0 Å². The van der Waals surface area contributed by atoms with Gasteiger partial charge in [0.25, 0.3) is 10.0 Å². The molecule has 164 valence electrons. The van der Waals surface area contributed by atoms with Gasteiger partial charge in [0.15, 0.2) is 5.69 Å². The molecule has 0 unspecified atom stereocenters. The number of hydrogen-bond acceptors (Lipinski definition) is 6. The number of sulfonamides is 1. The average molecular weight is 485 g/mol. The van der Waals surface area contributed by atoms with Crippen LogP contribution in [0.5, 0.6) is 0 Å². The summed E-state index contributed by atoms with van der Waals surface area (Å²) in [5.74, 6) is -1.70. The Morgan fingerprint density at radius 2 is 1.61 bits per heavy atom. The molecule has 1 aromatic heterocycles. The van der Waals surface area contributed by atoms with Crippen LogP contribution in [0.15, 0.2) is 58.3 Å². The highest BCUT2D eigenvalue weighted by Crippen LogP contribution is 2.36. The van der Waals surface area contributed by atoms with Crippen molar-refractivity contribution in [2.24, 2.45) is 0 Å². The molecule has 1 fully saturated rings. The minimum absolute atomic E-state index is 0.0140. The van der Waals surface area contributed by atoms with Crippen LogP contribution in [0.3, 0.4) is 0 Å². The second-order valence-electron chi connectivity index (χ2n) is 6.74. The quantitative estimate of drug-likeness (QED) is 0.589. The van der Waals surface area contributed by atoms with Crippen molar-refractivity contribution >= 4 is 48.5 Å². The Morgan fingerprint density at radius 1 is 0.968 bits per heavy atom. The fourth-order valence-corrected chi connectivity index (χ4v) is 7.04. The zero-order valence-corrected chi connectivity index (χ0v) is 18.3. The van der Waals surface area contributed by atoms with E-state index in [4.69, 9.17) is 16.3 Å². The molecule has 4 rings (SSSR count). The lowest BCUT2D eigenvalue weighted by Crippen LogP contribution is -2.41. The van der Waals surface area contributed by atoms with Gasteiger partial charge in [-0.05, 0) is 30.3 Å². The number of morpholine rings is 1. The summed E-state index contributed by atoms with van der Waals surface area (Å²) in [5.41, 5.74) is -0.968. The molecule has 31 heavy (non-hydrogen) atoms. The lowest BCUT2D eigenvalue weighted by Gasteiger charge is -2.26. The van der Waals surface area contributed by atoms with E-state index >= 15 is 0 Å². The Balaban J connectivity index is 2.12. The third-order valence-electron chi connectivity index (χ3n) is 4.89. The first-order valence-corrected chi connectivity index (χ1v) is 12.4. The maximum Gasteiger partial charge on any atom is 0.355 e. The van der Waals surface area contributed by atoms with Crippen LogP contribution in [0.25, 0.3) is 10.9 Å². The summed E-state index contributed by atoms with van der Waals surface area (Å²) in [6.07, 6.45) is 0. The number of fused-ring (bicyclic) bond motifs is 1. The van der Waals surface area contributed by atoms with E-state index in [1.807, 2.05) is 0 Å². The van der Waals surface area contributed by atoms with E-state index in [0.29, 0.717) is 3.97 Å². The maximum atomic E-state index is 13.5. The van der Waals surface area contributed by atoms with E-state index in [1.165, 1.54) is 42.5 Å². The lowest BCUT2D eigenvalue weighted by molar-refractivity contribution is 0.0681. The Hall–Kier alpha value is -2.44. The Kier molecular flexibility index (Phi) is 5.56. The molecule has 2 heterocycles. The van der Waals surface area contributed by atoms with Crippen molar-refractivity contribution in [3.05, 3.63) is 59.2 Å². The van der Waals surface area contributed by atoms with E-state index < -0.39 is 36.6 Å². The number of aromatic nitrogens is 1. The van der Waals surface area contributed by atoms with Gasteiger partial charge in [0.1, 0.15) is 4.90 Å². The molecule has 0 amide bonds. The van der Waals surface area contributed by atoms with Crippen molar-refractivity contribution in [1.29, 1.82) is 0 Å². The molecule has 1 aliphatic rings. The molecule has 1 aliphatic heterocycles. The summed E-state index contributed by atoms with van der Waals surface area (Å²) in [6.45, 7) is 0.312. The van der Waals surface area contributed by atoms with Gasteiger partial charge < -0.3 is 9.84 Å². The summed E-state index contributed by atoms with van der Waals surface area (Å²) >= 11 is 6.06. The average Bonchev–Trinajstić information content (AvgIpc) is 3.11. The predicted octanol–water partition coefficient (Wildman–Crippen LogP) is 2.25. The fourth-order valence-electron chi connectivity index (χ4n) is 3.52. The highest BCUT2D eigenvalue weighted by molar-refractivity contribution is 7.91. The number of carboxylic acids is 1. The monoisotopic (exact) mass is 484 g/mol. The molecule has 9 nitrogen and oxygen atoms in total. The van der Waals surface area contributed by atoms with Crippen LogP contribution in [-0.2, 0) is 24.8 Å². The Bertz CT molecular complexity index is 1380. The lowest BCUT2D eigenvalue weighted by atomic mass is 10.2. The van der Waals surface area contributed by atoms with Gasteiger partial charge in [-0.3, -0.25) is 0 Å². The van der Waals surface area contributed by atoms with E-state index in [1.54, 1.807) is 6.07 Å². The van der Waals surface area contributed by atoms with Crippen LogP contribution in [0.2, 0.25) is 5.02 Å². The predicted molar refractivity (Wildman–Crippen MR) is 113 cm³/mol. The first-order chi connectivity index (χ1) is 14.7. The summed E-state index contributed by atoms with van der Waals surface area (Å²) in [6, 6.07) is 11.1. The van der Waals surface area contributed by atoms with Gasteiger partial charge in [0.05, 0.1) is 23.6 Å². The first-order valence-electron chi connectivity index (χ1n) is 9.11. The first kappa shape index (κ1) is 21.8. The fraction of sp³-hybridized carbons (Fsp3) is 0.211. The van der Waals surface area contributed by atoms with E-state index in [0.717, 1.165) is 4.31 Å². The van der Waals surface area contributed by atoms with E-state index in [2.05, 4.69) is 0 Å². The molecule has 0 atom stereocenters. The Labute approximate surface area is 183 Å². The van der Waals surface area contributed by atoms with Crippen molar-refractivity contribution < 1.29 is 31.5 Å². The number of ether oxygens (including phenoxy) is 1. The van der Waals surface area contributed by atoms with Crippen molar-refractivity contribution in [2.45, 2.75) is 9.79 Å². The van der Waals surface area contributed by atoms with Crippen LogP contribution in [0, 0.1) is 0 Å². The number of hydrogen-bond donors (Lipinski definition) is 1. The molecular weight excluding hydrogens is 468 g/mol. The molecule has 0 radical (unpaired) electrons. The smallest absolute Gasteiger partial charge is 0.355 e. The third-order valence-corrected chi connectivity index (χ3v) is 8.83. The van der Waals surface area contributed by atoms with Gasteiger partial charge in [-0.15, -0.1) is 0 Å². The summed E-state index contributed by atoms with van der Waals surface area (Å²) < 4.78 is 60.6. The largest absolute Gasteiger partial charge is 0.477 e. The number of halogens is 1. The second kappa shape index (κ2) is 7.92. The highest BCUT2D eigenvalue weighted by Gasteiger charge is 2.39. The molecule has 0 aliphatic carbocycles. The molecule has 0 saturated carbocycles. The Morgan fingerprint density at radius 3 is 2.23 bits per heavy atom. The number of nitrogens with zero attached hydrogens (tertiary/aromatic N) is 2. The normalized spacial score (nSPS) is 15.9. The summed E-state index contributed by atoms with van der Waals surface area (Å²) in [4.78, 5) is 11.5. The molecule has 3 aromatic rings. The zero-order chi connectivity index (χ0) is 22.4. The van der Waals surface area contributed by atoms with Crippen LogP contribution in [-0.4, -0.2) is 62.5 Å².